The second-order valence-corrected chi connectivity index (χ2v) is 8.14. The lowest BCUT2D eigenvalue weighted by Gasteiger charge is -2.53. The fourth-order valence-electron chi connectivity index (χ4n) is 6.02. The van der Waals surface area contributed by atoms with Crippen molar-refractivity contribution in [2.24, 2.45) is 41.2 Å². The molecule has 5 saturated carbocycles. The molecule has 1 amide bonds. The molecule has 0 aromatic heterocycles. The quantitative estimate of drug-likeness (QED) is 0.831. The Morgan fingerprint density at radius 2 is 1.60 bits per heavy atom. The van der Waals surface area contributed by atoms with Gasteiger partial charge in [0, 0.05) is 18.5 Å². The van der Waals surface area contributed by atoms with Gasteiger partial charge in [0.25, 0.3) is 0 Å². The lowest BCUT2D eigenvalue weighted by Crippen LogP contribution is -2.51. The first-order valence-electron chi connectivity index (χ1n) is 8.72. The molecule has 0 radical (unpaired) electrons. The number of amides is 1. The number of carbonyl (C=O) groups excluding carboxylic acids is 1. The smallest absolute Gasteiger partial charge is 0.223 e. The summed E-state index contributed by atoms with van der Waals surface area (Å²) in [6.07, 6.45) is 10.2. The summed E-state index contributed by atoms with van der Waals surface area (Å²) in [4.78, 5) is 12.6. The summed E-state index contributed by atoms with van der Waals surface area (Å²) in [5, 5.41) is 3.28. The van der Waals surface area contributed by atoms with E-state index in [-0.39, 0.29) is 0 Å². The Kier molecular flexibility index (Phi) is 3.29. The summed E-state index contributed by atoms with van der Waals surface area (Å²) in [5.74, 6) is 4.67. The first-order valence-corrected chi connectivity index (χ1v) is 8.72. The van der Waals surface area contributed by atoms with Crippen LogP contribution in [0, 0.1) is 35.5 Å². The van der Waals surface area contributed by atoms with Gasteiger partial charge in [-0.2, -0.15) is 0 Å². The van der Waals surface area contributed by atoms with Crippen LogP contribution in [-0.4, -0.2) is 18.5 Å². The summed E-state index contributed by atoms with van der Waals surface area (Å²) in [6, 6.07) is 0.373. The van der Waals surface area contributed by atoms with Crippen LogP contribution in [0.4, 0.5) is 0 Å². The minimum Gasteiger partial charge on any atom is -0.356 e. The SMILES string of the molecule is NC1CCC(CNC(=O)C2C3CC4CC(C3)CC2C4)C1. The van der Waals surface area contributed by atoms with Crippen LogP contribution in [0.15, 0.2) is 0 Å². The predicted octanol–water partition coefficient (Wildman–Crippen LogP) is 2.30. The molecule has 20 heavy (non-hydrogen) atoms. The third kappa shape index (κ3) is 2.28. The Hall–Kier alpha value is -0.570. The summed E-state index contributed by atoms with van der Waals surface area (Å²) in [7, 11) is 0. The molecule has 0 aromatic rings. The Labute approximate surface area is 122 Å². The first kappa shape index (κ1) is 13.1. The van der Waals surface area contributed by atoms with Gasteiger partial charge in [-0.3, -0.25) is 4.79 Å². The number of hydrogen-bond donors (Lipinski definition) is 2. The molecule has 2 atom stereocenters. The molecular weight excluding hydrogens is 248 g/mol. The minimum absolute atomic E-state index is 0.345. The third-order valence-electron chi connectivity index (χ3n) is 6.68. The van der Waals surface area contributed by atoms with Crippen molar-refractivity contribution < 1.29 is 4.79 Å². The molecule has 3 heteroatoms. The summed E-state index contributed by atoms with van der Waals surface area (Å²) in [5.41, 5.74) is 5.96. The number of carbonyl (C=O) groups is 1. The Bertz CT molecular complexity index is 366. The first-order chi connectivity index (χ1) is 9.69. The van der Waals surface area contributed by atoms with Gasteiger partial charge in [0.15, 0.2) is 0 Å². The minimum atomic E-state index is 0.345. The van der Waals surface area contributed by atoms with Crippen LogP contribution >= 0.6 is 0 Å². The third-order valence-corrected chi connectivity index (χ3v) is 6.68. The summed E-state index contributed by atoms with van der Waals surface area (Å²) in [6.45, 7) is 0.870. The van der Waals surface area contributed by atoms with Gasteiger partial charge in [-0.25, -0.2) is 0 Å². The van der Waals surface area contributed by atoms with Gasteiger partial charge in [0.2, 0.25) is 5.91 Å². The molecule has 5 aliphatic carbocycles. The van der Waals surface area contributed by atoms with Crippen molar-refractivity contribution in [3.8, 4) is 0 Å². The molecule has 2 unspecified atom stereocenters. The standard InChI is InChI=1S/C17H28N2O/c18-15-2-1-10(8-15)9-19-17(20)16-13-4-11-3-12(6-13)7-14(16)5-11/h10-16H,1-9,18H2,(H,19,20). The highest BCUT2D eigenvalue weighted by Gasteiger charge is 2.50. The molecule has 5 fully saturated rings. The van der Waals surface area contributed by atoms with E-state index in [0.717, 1.165) is 31.2 Å². The van der Waals surface area contributed by atoms with E-state index in [1.165, 1.54) is 38.5 Å². The van der Waals surface area contributed by atoms with E-state index in [4.69, 9.17) is 5.73 Å². The van der Waals surface area contributed by atoms with Gasteiger partial charge < -0.3 is 11.1 Å². The normalized spacial score (nSPS) is 49.5. The van der Waals surface area contributed by atoms with E-state index < -0.39 is 0 Å². The van der Waals surface area contributed by atoms with E-state index in [1.54, 1.807) is 0 Å². The zero-order valence-corrected chi connectivity index (χ0v) is 12.4. The number of rotatable bonds is 3. The molecule has 0 aliphatic heterocycles. The Morgan fingerprint density at radius 3 is 2.15 bits per heavy atom. The number of hydrogen-bond acceptors (Lipinski definition) is 2. The van der Waals surface area contributed by atoms with Gasteiger partial charge in [0.05, 0.1) is 0 Å². The van der Waals surface area contributed by atoms with Crippen molar-refractivity contribution in [2.45, 2.75) is 57.4 Å². The largest absolute Gasteiger partial charge is 0.356 e. The summed E-state index contributed by atoms with van der Waals surface area (Å²) < 4.78 is 0. The average Bonchev–Trinajstić information content (AvgIpc) is 2.81. The molecule has 0 spiro atoms. The molecule has 3 nitrogen and oxygen atoms in total. The van der Waals surface area contributed by atoms with Gasteiger partial charge in [0.1, 0.15) is 0 Å². The molecule has 3 N–H and O–H groups in total. The van der Waals surface area contributed by atoms with Crippen molar-refractivity contribution in [1.29, 1.82) is 0 Å². The van der Waals surface area contributed by atoms with Crippen molar-refractivity contribution in [1.82, 2.24) is 5.32 Å². The van der Waals surface area contributed by atoms with Crippen molar-refractivity contribution in [3.63, 3.8) is 0 Å². The van der Waals surface area contributed by atoms with E-state index in [9.17, 15) is 4.79 Å². The topological polar surface area (TPSA) is 55.1 Å². The van der Waals surface area contributed by atoms with Gasteiger partial charge >= 0.3 is 0 Å². The van der Waals surface area contributed by atoms with Crippen LogP contribution < -0.4 is 11.1 Å². The van der Waals surface area contributed by atoms with Crippen LogP contribution in [0.3, 0.4) is 0 Å². The number of nitrogens with one attached hydrogen (secondary N) is 1. The molecular formula is C17H28N2O. The van der Waals surface area contributed by atoms with E-state index in [2.05, 4.69) is 5.32 Å². The maximum absolute atomic E-state index is 12.6. The highest BCUT2D eigenvalue weighted by Crippen LogP contribution is 2.56. The Balaban J connectivity index is 1.34. The molecule has 5 rings (SSSR count). The van der Waals surface area contributed by atoms with Crippen LogP contribution in [-0.2, 0) is 4.79 Å². The summed E-state index contributed by atoms with van der Waals surface area (Å²) >= 11 is 0. The van der Waals surface area contributed by atoms with Crippen molar-refractivity contribution in [2.75, 3.05) is 6.54 Å². The molecule has 5 aliphatic rings. The van der Waals surface area contributed by atoms with E-state index >= 15 is 0 Å². The highest BCUT2D eigenvalue weighted by atomic mass is 16.1. The maximum Gasteiger partial charge on any atom is 0.223 e. The monoisotopic (exact) mass is 276 g/mol. The van der Waals surface area contributed by atoms with Gasteiger partial charge in [-0.05, 0) is 81.0 Å². The van der Waals surface area contributed by atoms with Crippen LogP contribution in [0.1, 0.15) is 51.4 Å². The molecule has 0 saturated heterocycles. The van der Waals surface area contributed by atoms with Crippen molar-refractivity contribution >= 4 is 5.91 Å². The van der Waals surface area contributed by atoms with E-state index in [1.807, 2.05) is 0 Å². The Morgan fingerprint density at radius 1 is 0.950 bits per heavy atom. The molecule has 0 aromatic carbocycles. The lowest BCUT2D eigenvalue weighted by atomic mass is 9.51. The number of nitrogens with two attached hydrogens (primary N) is 1. The van der Waals surface area contributed by atoms with Gasteiger partial charge in [-0.15, -0.1) is 0 Å². The second kappa shape index (κ2) is 5.01. The lowest BCUT2D eigenvalue weighted by molar-refractivity contribution is -0.138. The highest BCUT2D eigenvalue weighted by molar-refractivity contribution is 5.79. The second-order valence-electron chi connectivity index (χ2n) is 8.14. The van der Waals surface area contributed by atoms with E-state index in [0.29, 0.717) is 35.6 Å². The average molecular weight is 276 g/mol. The molecule has 0 heterocycles. The maximum atomic E-state index is 12.6. The zero-order chi connectivity index (χ0) is 13.7. The fourth-order valence-corrected chi connectivity index (χ4v) is 6.02. The fraction of sp³-hybridized carbons (Fsp3) is 0.941. The van der Waals surface area contributed by atoms with Crippen LogP contribution in [0.2, 0.25) is 0 Å². The predicted molar refractivity (Wildman–Crippen MR) is 78.9 cm³/mol. The zero-order valence-electron chi connectivity index (χ0n) is 12.4. The van der Waals surface area contributed by atoms with Crippen LogP contribution in [0.25, 0.3) is 0 Å². The molecule has 112 valence electrons. The van der Waals surface area contributed by atoms with Crippen molar-refractivity contribution in [3.05, 3.63) is 0 Å². The van der Waals surface area contributed by atoms with Crippen LogP contribution in [0.5, 0.6) is 0 Å². The molecule has 4 bridgehead atoms. The van der Waals surface area contributed by atoms with Gasteiger partial charge in [-0.1, -0.05) is 0 Å².